The first-order chi connectivity index (χ1) is 7.51. The fourth-order valence-corrected chi connectivity index (χ4v) is 1.18. The van der Waals surface area contributed by atoms with E-state index in [1.165, 1.54) is 6.07 Å². The number of hydrogen-bond donors (Lipinski definition) is 0. The standard InChI is InChI=1S/C11H14F3NO/c1-2-3-4-9-5-6-10(15-7-9)16-8-11(12,13)14/h5-7H,2-4,8H2,1H3. The molecule has 0 N–H and O–H groups in total. The van der Waals surface area contributed by atoms with Gasteiger partial charge in [0.2, 0.25) is 5.88 Å². The van der Waals surface area contributed by atoms with Crippen LogP contribution in [0.2, 0.25) is 0 Å². The van der Waals surface area contributed by atoms with E-state index >= 15 is 0 Å². The lowest BCUT2D eigenvalue weighted by atomic mass is 10.1. The number of aryl methyl sites for hydroxylation is 1. The number of rotatable bonds is 5. The number of halogens is 3. The molecule has 0 aromatic carbocycles. The molecule has 5 heteroatoms. The lowest BCUT2D eigenvalue weighted by Crippen LogP contribution is -2.19. The van der Waals surface area contributed by atoms with Crippen LogP contribution in [0.25, 0.3) is 0 Å². The summed E-state index contributed by atoms with van der Waals surface area (Å²) in [5, 5.41) is 0. The number of hydrogen-bond acceptors (Lipinski definition) is 2. The van der Waals surface area contributed by atoms with Gasteiger partial charge in [0, 0.05) is 12.3 Å². The highest BCUT2D eigenvalue weighted by molar-refractivity contribution is 5.17. The van der Waals surface area contributed by atoms with Crippen LogP contribution in [0.3, 0.4) is 0 Å². The van der Waals surface area contributed by atoms with Crippen LogP contribution in [0, 0.1) is 0 Å². The first kappa shape index (κ1) is 12.8. The molecule has 1 heterocycles. The Bertz CT molecular complexity index is 308. The molecule has 0 amide bonds. The van der Waals surface area contributed by atoms with Gasteiger partial charge < -0.3 is 4.74 Å². The minimum absolute atomic E-state index is 0.0116. The van der Waals surface area contributed by atoms with Gasteiger partial charge in [0.15, 0.2) is 6.61 Å². The third-order valence-electron chi connectivity index (χ3n) is 2.00. The first-order valence-corrected chi connectivity index (χ1v) is 5.16. The smallest absolute Gasteiger partial charge is 0.422 e. The molecule has 90 valence electrons. The molecule has 1 rings (SSSR count). The lowest BCUT2D eigenvalue weighted by molar-refractivity contribution is -0.154. The maximum atomic E-state index is 11.8. The zero-order valence-electron chi connectivity index (χ0n) is 9.05. The van der Waals surface area contributed by atoms with Crippen LogP contribution in [-0.2, 0) is 6.42 Å². The molecule has 0 saturated carbocycles. The Kier molecular flexibility index (Phi) is 4.58. The van der Waals surface area contributed by atoms with Crippen molar-refractivity contribution in [1.82, 2.24) is 4.98 Å². The van der Waals surface area contributed by atoms with Crippen molar-refractivity contribution >= 4 is 0 Å². The van der Waals surface area contributed by atoms with E-state index < -0.39 is 12.8 Å². The molecule has 0 aliphatic carbocycles. The summed E-state index contributed by atoms with van der Waals surface area (Å²) in [5.74, 6) is 0.0116. The van der Waals surface area contributed by atoms with Gasteiger partial charge in [0.1, 0.15) is 0 Å². The summed E-state index contributed by atoms with van der Waals surface area (Å²) >= 11 is 0. The molecule has 16 heavy (non-hydrogen) atoms. The molecule has 0 aliphatic rings. The minimum atomic E-state index is -4.32. The second-order valence-corrected chi connectivity index (χ2v) is 3.51. The summed E-state index contributed by atoms with van der Waals surface area (Å²) in [5.41, 5.74) is 1.02. The van der Waals surface area contributed by atoms with Gasteiger partial charge in [-0.05, 0) is 18.4 Å². The quantitative estimate of drug-likeness (QED) is 0.777. The van der Waals surface area contributed by atoms with E-state index in [-0.39, 0.29) is 5.88 Å². The molecule has 0 fully saturated rings. The average Bonchev–Trinajstić information content (AvgIpc) is 2.24. The molecule has 0 aliphatic heterocycles. The molecule has 0 unspecified atom stereocenters. The summed E-state index contributed by atoms with van der Waals surface area (Å²) in [6, 6.07) is 3.21. The van der Waals surface area contributed by atoms with Crippen LogP contribution in [0.5, 0.6) is 5.88 Å². The Morgan fingerprint density at radius 1 is 1.31 bits per heavy atom. The number of alkyl halides is 3. The van der Waals surface area contributed by atoms with Crippen molar-refractivity contribution in [2.24, 2.45) is 0 Å². The topological polar surface area (TPSA) is 22.1 Å². The van der Waals surface area contributed by atoms with Crippen molar-refractivity contribution in [3.8, 4) is 5.88 Å². The summed E-state index contributed by atoms with van der Waals surface area (Å²) < 4.78 is 40.0. The van der Waals surface area contributed by atoms with Crippen LogP contribution in [0.4, 0.5) is 13.2 Å². The van der Waals surface area contributed by atoms with Gasteiger partial charge in [-0.15, -0.1) is 0 Å². The monoisotopic (exact) mass is 233 g/mol. The van der Waals surface area contributed by atoms with Gasteiger partial charge in [-0.2, -0.15) is 13.2 Å². The summed E-state index contributed by atoms with van der Waals surface area (Å²) in [7, 11) is 0. The summed E-state index contributed by atoms with van der Waals surface area (Å²) in [6.07, 6.45) is 0.254. The van der Waals surface area contributed by atoms with E-state index in [2.05, 4.69) is 16.6 Å². The fourth-order valence-electron chi connectivity index (χ4n) is 1.18. The third kappa shape index (κ3) is 5.00. The largest absolute Gasteiger partial charge is 0.468 e. The highest BCUT2D eigenvalue weighted by Crippen LogP contribution is 2.17. The molecule has 1 aromatic heterocycles. The highest BCUT2D eigenvalue weighted by atomic mass is 19.4. The van der Waals surface area contributed by atoms with Crippen molar-refractivity contribution in [3.05, 3.63) is 23.9 Å². The number of nitrogens with zero attached hydrogens (tertiary/aromatic N) is 1. The number of pyridine rings is 1. The molecule has 2 nitrogen and oxygen atoms in total. The van der Waals surface area contributed by atoms with E-state index in [0.29, 0.717) is 0 Å². The highest BCUT2D eigenvalue weighted by Gasteiger charge is 2.28. The average molecular weight is 233 g/mol. The maximum absolute atomic E-state index is 11.8. The fraction of sp³-hybridized carbons (Fsp3) is 0.545. The Balaban J connectivity index is 2.45. The van der Waals surface area contributed by atoms with Gasteiger partial charge in [-0.3, -0.25) is 0 Å². The summed E-state index contributed by atoms with van der Waals surface area (Å²) in [6.45, 7) is 0.780. The summed E-state index contributed by atoms with van der Waals surface area (Å²) in [4.78, 5) is 3.81. The van der Waals surface area contributed by atoms with E-state index in [1.54, 1.807) is 12.3 Å². The van der Waals surface area contributed by atoms with Crippen LogP contribution in [-0.4, -0.2) is 17.8 Å². The normalized spacial score (nSPS) is 11.5. The Morgan fingerprint density at radius 2 is 2.06 bits per heavy atom. The van der Waals surface area contributed by atoms with Crippen LogP contribution >= 0.6 is 0 Å². The van der Waals surface area contributed by atoms with Crippen molar-refractivity contribution in [2.75, 3.05) is 6.61 Å². The SMILES string of the molecule is CCCCc1ccc(OCC(F)(F)F)nc1. The van der Waals surface area contributed by atoms with Crippen molar-refractivity contribution in [1.29, 1.82) is 0 Å². The maximum Gasteiger partial charge on any atom is 0.422 e. The number of aromatic nitrogens is 1. The molecule has 0 saturated heterocycles. The molecule has 0 radical (unpaired) electrons. The third-order valence-corrected chi connectivity index (χ3v) is 2.00. The molecular weight excluding hydrogens is 219 g/mol. The van der Waals surface area contributed by atoms with E-state index in [0.717, 1.165) is 24.8 Å². The first-order valence-electron chi connectivity index (χ1n) is 5.16. The Labute approximate surface area is 92.5 Å². The molecule has 0 atom stereocenters. The van der Waals surface area contributed by atoms with Crippen molar-refractivity contribution < 1.29 is 17.9 Å². The van der Waals surface area contributed by atoms with Crippen LogP contribution in [0.15, 0.2) is 18.3 Å². The van der Waals surface area contributed by atoms with Gasteiger partial charge >= 0.3 is 6.18 Å². The Hall–Kier alpha value is -1.26. The number of ether oxygens (including phenoxy) is 1. The second-order valence-electron chi connectivity index (χ2n) is 3.51. The zero-order valence-corrected chi connectivity index (χ0v) is 9.05. The molecule has 0 bridgehead atoms. The van der Waals surface area contributed by atoms with Gasteiger partial charge in [-0.25, -0.2) is 4.98 Å². The van der Waals surface area contributed by atoms with E-state index in [1.807, 2.05) is 0 Å². The second kappa shape index (κ2) is 5.72. The van der Waals surface area contributed by atoms with Crippen molar-refractivity contribution in [2.45, 2.75) is 32.4 Å². The minimum Gasteiger partial charge on any atom is -0.468 e. The van der Waals surface area contributed by atoms with Crippen LogP contribution < -0.4 is 4.74 Å². The van der Waals surface area contributed by atoms with Gasteiger partial charge in [0.05, 0.1) is 0 Å². The molecule has 0 spiro atoms. The lowest BCUT2D eigenvalue weighted by Gasteiger charge is -2.08. The predicted molar refractivity (Wildman–Crippen MR) is 54.4 cm³/mol. The predicted octanol–water partition coefficient (Wildman–Crippen LogP) is 3.37. The van der Waals surface area contributed by atoms with E-state index in [4.69, 9.17) is 0 Å². The molecular formula is C11H14F3NO. The Morgan fingerprint density at radius 3 is 2.56 bits per heavy atom. The number of unbranched alkanes of at least 4 members (excludes halogenated alkanes) is 1. The van der Waals surface area contributed by atoms with Crippen molar-refractivity contribution in [3.63, 3.8) is 0 Å². The zero-order chi connectivity index (χ0) is 12.0. The van der Waals surface area contributed by atoms with Crippen LogP contribution in [0.1, 0.15) is 25.3 Å². The van der Waals surface area contributed by atoms with E-state index in [9.17, 15) is 13.2 Å². The van der Waals surface area contributed by atoms with Gasteiger partial charge in [-0.1, -0.05) is 19.4 Å². The van der Waals surface area contributed by atoms with Gasteiger partial charge in [0.25, 0.3) is 0 Å². The molecule has 1 aromatic rings.